The highest BCUT2D eigenvalue weighted by atomic mass is 32.2. The summed E-state index contributed by atoms with van der Waals surface area (Å²) >= 11 is 1.16. The zero-order valence-corrected chi connectivity index (χ0v) is 18.7. The lowest BCUT2D eigenvalue weighted by Gasteiger charge is -2.20. The second kappa shape index (κ2) is 10.3. The number of nitro groups is 1. The highest BCUT2D eigenvalue weighted by Crippen LogP contribution is 2.25. The highest BCUT2D eigenvalue weighted by Gasteiger charge is 2.21. The number of carbonyl (C=O) groups is 1. The van der Waals surface area contributed by atoms with Crippen LogP contribution in [0.25, 0.3) is 0 Å². The third-order valence-corrected chi connectivity index (χ3v) is 5.81. The molecule has 1 atom stereocenters. The molecular formula is C21H23FN6O3S. The Kier molecular flexibility index (Phi) is 7.54. The Bertz CT molecular complexity index is 1110. The molecule has 0 aliphatic carbocycles. The number of carbonyl (C=O) groups excluding carboxylic acids is 1. The molecule has 0 aliphatic rings. The van der Waals surface area contributed by atoms with Crippen LogP contribution < -0.4 is 5.32 Å². The fourth-order valence-electron chi connectivity index (χ4n) is 2.90. The van der Waals surface area contributed by atoms with E-state index < -0.39 is 16.6 Å². The van der Waals surface area contributed by atoms with E-state index in [1.54, 1.807) is 0 Å². The van der Waals surface area contributed by atoms with Gasteiger partial charge in [-0.1, -0.05) is 42.1 Å². The van der Waals surface area contributed by atoms with Crippen LogP contribution in [0.2, 0.25) is 0 Å². The van der Waals surface area contributed by atoms with Crippen LogP contribution >= 0.6 is 11.8 Å². The van der Waals surface area contributed by atoms with E-state index in [-0.39, 0.29) is 23.2 Å². The van der Waals surface area contributed by atoms with E-state index in [0.29, 0.717) is 11.7 Å². The molecular weight excluding hydrogens is 435 g/mol. The number of aromatic nitrogens is 3. The van der Waals surface area contributed by atoms with Gasteiger partial charge < -0.3 is 9.88 Å². The van der Waals surface area contributed by atoms with Crippen LogP contribution in [0.1, 0.15) is 24.4 Å². The first-order valence-electron chi connectivity index (χ1n) is 9.76. The molecule has 0 aliphatic heterocycles. The van der Waals surface area contributed by atoms with Gasteiger partial charge in [0.25, 0.3) is 5.69 Å². The van der Waals surface area contributed by atoms with Crippen molar-refractivity contribution in [3.8, 4) is 0 Å². The molecule has 1 aromatic heterocycles. The van der Waals surface area contributed by atoms with Crippen molar-refractivity contribution in [2.75, 3.05) is 25.2 Å². The normalized spacial score (nSPS) is 12.0. The molecule has 3 aromatic rings. The van der Waals surface area contributed by atoms with Crippen molar-refractivity contribution in [1.82, 2.24) is 19.7 Å². The SMILES string of the molecule is C[C@@H](c1nnc(SCC(=O)Nc2cc([N+](=O)[O-])ccc2F)n1Cc1ccccc1)N(C)C. The summed E-state index contributed by atoms with van der Waals surface area (Å²) in [7, 11) is 3.89. The van der Waals surface area contributed by atoms with Gasteiger partial charge in [0.15, 0.2) is 11.0 Å². The number of nitrogens with one attached hydrogen (secondary N) is 1. The Morgan fingerprint density at radius 3 is 2.62 bits per heavy atom. The minimum Gasteiger partial charge on any atom is -0.323 e. The Morgan fingerprint density at radius 2 is 1.97 bits per heavy atom. The van der Waals surface area contributed by atoms with Crippen LogP contribution in [-0.4, -0.2) is 50.3 Å². The Morgan fingerprint density at radius 1 is 1.25 bits per heavy atom. The number of hydrogen-bond donors (Lipinski definition) is 1. The molecule has 0 bridgehead atoms. The third kappa shape index (κ3) is 5.68. The minimum atomic E-state index is -0.747. The zero-order valence-electron chi connectivity index (χ0n) is 17.9. The quantitative estimate of drug-likeness (QED) is 0.296. The van der Waals surface area contributed by atoms with Gasteiger partial charge in [-0.25, -0.2) is 4.39 Å². The summed E-state index contributed by atoms with van der Waals surface area (Å²) in [6.45, 7) is 2.54. The molecule has 0 saturated heterocycles. The van der Waals surface area contributed by atoms with Gasteiger partial charge in [0.2, 0.25) is 5.91 Å². The van der Waals surface area contributed by atoms with Gasteiger partial charge >= 0.3 is 0 Å². The summed E-state index contributed by atoms with van der Waals surface area (Å²) in [5.74, 6) is -0.563. The van der Waals surface area contributed by atoms with Crippen LogP contribution in [0.5, 0.6) is 0 Å². The van der Waals surface area contributed by atoms with E-state index in [4.69, 9.17) is 0 Å². The van der Waals surface area contributed by atoms with Crippen molar-refractivity contribution in [3.05, 3.63) is 75.9 Å². The van der Waals surface area contributed by atoms with Crippen molar-refractivity contribution < 1.29 is 14.1 Å². The van der Waals surface area contributed by atoms with Crippen LogP contribution in [0.4, 0.5) is 15.8 Å². The second-order valence-corrected chi connectivity index (χ2v) is 8.25. The fraction of sp³-hybridized carbons (Fsp3) is 0.286. The van der Waals surface area contributed by atoms with Gasteiger partial charge in [-0.15, -0.1) is 10.2 Å². The van der Waals surface area contributed by atoms with Crippen LogP contribution in [0.15, 0.2) is 53.7 Å². The molecule has 2 aromatic carbocycles. The van der Waals surface area contributed by atoms with Gasteiger partial charge in [-0.2, -0.15) is 0 Å². The van der Waals surface area contributed by atoms with Gasteiger partial charge in [-0.3, -0.25) is 19.8 Å². The molecule has 0 unspecified atom stereocenters. The summed E-state index contributed by atoms with van der Waals surface area (Å²) < 4.78 is 15.9. The number of hydrogen-bond acceptors (Lipinski definition) is 7. The molecule has 11 heteroatoms. The Labute approximate surface area is 188 Å². The molecule has 0 radical (unpaired) electrons. The van der Waals surface area contributed by atoms with Crippen molar-refractivity contribution in [1.29, 1.82) is 0 Å². The maximum atomic E-state index is 14.0. The number of anilines is 1. The molecule has 1 amide bonds. The monoisotopic (exact) mass is 458 g/mol. The number of non-ortho nitro benzene ring substituents is 1. The lowest BCUT2D eigenvalue weighted by atomic mass is 10.2. The molecule has 1 N–H and O–H groups in total. The number of halogens is 1. The largest absolute Gasteiger partial charge is 0.323 e. The fourth-order valence-corrected chi connectivity index (χ4v) is 3.65. The summed E-state index contributed by atoms with van der Waals surface area (Å²) in [6.07, 6.45) is 0. The number of rotatable bonds is 9. The lowest BCUT2D eigenvalue weighted by molar-refractivity contribution is -0.384. The van der Waals surface area contributed by atoms with E-state index in [0.717, 1.165) is 41.3 Å². The van der Waals surface area contributed by atoms with Gasteiger partial charge in [-0.05, 0) is 32.6 Å². The van der Waals surface area contributed by atoms with Crippen LogP contribution in [0.3, 0.4) is 0 Å². The van der Waals surface area contributed by atoms with E-state index in [1.165, 1.54) is 0 Å². The lowest BCUT2D eigenvalue weighted by Crippen LogP contribution is -2.21. The molecule has 9 nitrogen and oxygen atoms in total. The predicted octanol–water partition coefficient (Wildman–Crippen LogP) is 3.73. The number of thioether (sulfide) groups is 1. The van der Waals surface area contributed by atoms with E-state index in [1.807, 2.05) is 60.8 Å². The second-order valence-electron chi connectivity index (χ2n) is 7.31. The maximum absolute atomic E-state index is 14.0. The standard InChI is InChI=1S/C21H23FN6O3S/c1-14(26(2)3)20-24-25-21(27(20)12-15-7-5-4-6-8-15)32-13-19(29)23-18-11-16(28(30)31)9-10-17(18)22/h4-11,14H,12-13H2,1-3H3,(H,23,29)/t14-/m0/s1. The van der Waals surface area contributed by atoms with E-state index in [2.05, 4.69) is 15.5 Å². The average Bonchev–Trinajstić information content (AvgIpc) is 3.16. The van der Waals surface area contributed by atoms with Crippen molar-refractivity contribution in [2.24, 2.45) is 0 Å². The Hall–Kier alpha value is -3.31. The number of benzene rings is 2. The summed E-state index contributed by atoms with van der Waals surface area (Å²) in [5.41, 5.74) is 0.515. The van der Waals surface area contributed by atoms with E-state index in [9.17, 15) is 19.3 Å². The van der Waals surface area contributed by atoms with Crippen molar-refractivity contribution >= 4 is 29.0 Å². The van der Waals surface area contributed by atoms with Crippen molar-refractivity contribution in [3.63, 3.8) is 0 Å². The van der Waals surface area contributed by atoms with Crippen LogP contribution in [-0.2, 0) is 11.3 Å². The Balaban J connectivity index is 1.76. The number of nitro benzene ring substituents is 1. The molecule has 3 rings (SSSR count). The van der Waals surface area contributed by atoms with Crippen LogP contribution in [0, 0.1) is 15.9 Å². The summed E-state index contributed by atoms with van der Waals surface area (Å²) in [6, 6.07) is 12.8. The van der Waals surface area contributed by atoms with E-state index >= 15 is 0 Å². The number of amides is 1. The van der Waals surface area contributed by atoms with Crippen molar-refractivity contribution in [2.45, 2.75) is 24.7 Å². The predicted molar refractivity (Wildman–Crippen MR) is 120 cm³/mol. The summed E-state index contributed by atoms with van der Waals surface area (Å²) in [4.78, 5) is 24.7. The van der Waals surface area contributed by atoms with Gasteiger partial charge in [0.1, 0.15) is 5.82 Å². The molecule has 168 valence electrons. The third-order valence-electron chi connectivity index (χ3n) is 4.84. The molecule has 1 heterocycles. The highest BCUT2D eigenvalue weighted by molar-refractivity contribution is 7.99. The van der Waals surface area contributed by atoms with Gasteiger partial charge in [0, 0.05) is 12.1 Å². The first-order valence-corrected chi connectivity index (χ1v) is 10.7. The molecule has 0 spiro atoms. The molecule has 0 fully saturated rings. The minimum absolute atomic E-state index is 0.00616. The average molecular weight is 459 g/mol. The first-order chi connectivity index (χ1) is 15.3. The maximum Gasteiger partial charge on any atom is 0.271 e. The summed E-state index contributed by atoms with van der Waals surface area (Å²) in [5, 5.41) is 22.4. The number of nitrogens with zero attached hydrogens (tertiary/aromatic N) is 5. The zero-order chi connectivity index (χ0) is 23.3. The topological polar surface area (TPSA) is 106 Å². The smallest absolute Gasteiger partial charge is 0.271 e. The molecule has 32 heavy (non-hydrogen) atoms. The van der Waals surface area contributed by atoms with Gasteiger partial charge in [0.05, 0.1) is 29.0 Å². The first kappa shape index (κ1) is 23.4. The molecule has 0 saturated carbocycles.